The molecule has 2 aromatic rings. The van der Waals surface area contributed by atoms with Crippen molar-refractivity contribution in [3.63, 3.8) is 0 Å². The van der Waals surface area contributed by atoms with Gasteiger partial charge in [0.2, 0.25) is 11.8 Å². The summed E-state index contributed by atoms with van der Waals surface area (Å²) >= 11 is 0. The molecule has 2 aliphatic heterocycles. The lowest BCUT2D eigenvalue weighted by Crippen LogP contribution is -2.60. The number of nitrogens with one attached hydrogen (secondary N) is 2. The second kappa shape index (κ2) is 13.1. The quantitative estimate of drug-likeness (QED) is 0.457. The number of amides is 2. The molecule has 0 radical (unpaired) electrons. The van der Waals surface area contributed by atoms with Gasteiger partial charge in [-0.25, -0.2) is 9.97 Å². The van der Waals surface area contributed by atoms with Gasteiger partial charge in [-0.3, -0.25) is 9.59 Å². The number of nitrogens with zero attached hydrogens (tertiary/aromatic N) is 4. The minimum Gasteiger partial charge on any atom is -0.477 e. The molecule has 2 saturated heterocycles. The topological polar surface area (TPSA) is 99.7 Å². The second-order valence-electron chi connectivity index (χ2n) is 11.7. The van der Waals surface area contributed by atoms with E-state index >= 15 is 0 Å². The fourth-order valence-corrected chi connectivity index (χ4v) is 6.65. The van der Waals surface area contributed by atoms with Gasteiger partial charge in [0.1, 0.15) is 5.41 Å². The van der Waals surface area contributed by atoms with Gasteiger partial charge in [0.15, 0.2) is 5.69 Å². The Bertz CT molecular complexity index is 1290. The van der Waals surface area contributed by atoms with Crippen LogP contribution in [0, 0.1) is 5.41 Å². The SMILES string of the molecule is CCOc1ncccc1-c1ccc(N2CCN(C(=O)C3(C(F)(F)F)CCCCC3)C[C@H]2CC)c(C(=O)N[C@@H]2CCNC2)n1. The first-order valence-electron chi connectivity index (χ1n) is 15.4. The average molecular weight is 603 g/mol. The molecule has 2 aromatic heterocycles. The zero-order valence-electron chi connectivity index (χ0n) is 24.9. The molecule has 0 aromatic carbocycles. The van der Waals surface area contributed by atoms with Crippen LogP contribution in [0.5, 0.6) is 5.88 Å². The Balaban J connectivity index is 1.46. The third-order valence-electron chi connectivity index (χ3n) is 9.02. The van der Waals surface area contributed by atoms with Crippen LogP contribution < -0.4 is 20.3 Å². The number of carbonyl (C=O) groups excluding carboxylic acids is 2. The van der Waals surface area contributed by atoms with Crippen molar-refractivity contribution >= 4 is 17.5 Å². The molecule has 0 unspecified atom stereocenters. The lowest BCUT2D eigenvalue weighted by atomic mass is 9.72. The number of aromatic nitrogens is 2. The zero-order valence-corrected chi connectivity index (χ0v) is 24.9. The molecule has 0 spiro atoms. The molecule has 0 bridgehead atoms. The number of hydrogen-bond donors (Lipinski definition) is 2. The van der Waals surface area contributed by atoms with E-state index < -0.39 is 17.5 Å². The summed E-state index contributed by atoms with van der Waals surface area (Å²) in [6.07, 6.45) is -0.373. The van der Waals surface area contributed by atoms with Crippen molar-refractivity contribution in [3.8, 4) is 17.1 Å². The van der Waals surface area contributed by atoms with Crippen LogP contribution in [-0.4, -0.2) is 84.3 Å². The minimum absolute atomic E-state index is 0.0336. The fraction of sp³-hybridized carbons (Fsp3) is 0.613. The monoisotopic (exact) mass is 602 g/mol. The van der Waals surface area contributed by atoms with Gasteiger partial charge in [-0.2, -0.15) is 13.2 Å². The molecule has 2 atom stereocenters. The predicted octanol–water partition coefficient (Wildman–Crippen LogP) is 4.57. The number of piperazine rings is 1. The maximum Gasteiger partial charge on any atom is 0.403 e. The zero-order chi connectivity index (χ0) is 30.6. The van der Waals surface area contributed by atoms with E-state index in [1.54, 1.807) is 12.3 Å². The predicted molar refractivity (Wildman–Crippen MR) is 157 cm³/mol. The number of pyridine rings is 2. The van der Waals surface area contributed by atoms with Crippen molar-refractivity contribution in [3.05, 3.63) is 36.2 Å². The Kier molecular flexibility index (Phi) is 9.43. The van der Waals surface area contributed by atoms with Crippen LogP contribution in [0.2, 0.25) is 0 Å². The van der Waals surface area contributed by atoms with Gasteiger partial charge in [-0.15, -0.1) is 0 Å². The first-order chi connectivity index (χ1) is 20.7. The lowest BCUT2D eigenvalue weighted by Gasteiger charge is -2.47. The van der Waals surface area contributed by atoms with Crippen LogP contribution in [0.4, 0.5) is 18.9 Å². The van der Waals surface area contributed by atoms with Gasteiger partial charge >= 0.3 is 6.18 Å². The number of halogens is 3. The Morgan fingerprint density at radius 3 is 2.60 bits per heavy atom. The Morgan fingerprint density at radius 1 is 1.14 bits per heavy atom. The molecule has 2 N–H and O–H groups in total. The molecule has 12 heteroatoms. The summed E-state index contributed by atoms with van der Waals surface area (Å²) in [6.45, 7) is 6.29. The average Bonchev–Trinajstić information content (AvgIpc) is 3.53. The van der Waals surface area contributed by atoms with Crippen LogP contribution in [0.1, 0.15) is 69.3 Å². The Morgan fingerprint density at radius 2 is 1.93 bits per heavy atom. The molecule has 2 amide bonds. The molecule has 3 fully saturated rings. The molecule has 9 nitrogen and oxygen atoms in total. The molecule has 3 aliphatic rings. The first kappa shape index (κ1) is 31.0. The van der Waals surface area contributed by atoms with E-state index in [1.165, 1.54) is 4.90 Å². The number of rotatable bonds is 8. The lowest BCUT2D eigenvalue weighted by molar-refractivity contribution is -0.235. The largest absolute Gasteiger partial charge is 0.477 e. The number of carbonyl (C=O) groups is 2. The van der Waals surface area contributed by atoms with Gasteiger partial charge < -0.3 is 25.2 Å². The highest BCUT2D eigenvalue weighted by Gasteiger charge is 2.61. The molecular formula is C31H41F3N6O3. The number of hydrogen-bond acceptors (Lipinski definition) is 7. The molecule has 43 heavy (non-hydrogen) atoms. The van der Waals surface area contributed by atoms with E-state index in [1.807, 2.05) is 36.9 Å². The van der Waals surface area contributed by atoms with Gasteiger partial charge in [0, 0.05) is 44.5 Å². The molecular weight excluding hydrogens is 561 g/mol. The van der Waals surface area contributed by atoms with Crippen molar-refractivity contribution in [2.45, 2.75) is 77.1 Å². The van der Waals surface area contributed by atoms with Crippen molar-refractivity contribution in [1.29, 1.82) is 0 Å². The van der Waals surface area contributed by atoms with Gasteiger partial charge in [-0.05, 0) is 63.4 Å². The third kappa shape index (κ3) is 6.30. The van der Waals surface area contributed by atoms with E-state index in [-0.39, 0.29) is 49.6 Å². The molecule has 4 heterocycles. The minimum atomic E-state index is -4.59. The summed E-state index contributed by atoms with van der Waals surface area (Å²) in [6, 6.07) is 6.95. The van der Waals surface area contributed by atoms with E-state index in [4.69, 9.17) is 9.72 Å². The smallest absolute Gasteiger partial charge is 0.403 e. The molecule has 1 aliphatic carbocycles. The normalized spacial score (nSPS) is 22.3. The van der Waals surface area contributed by atoms with Crippen LogP contribution in [-0.2, 0) is 4.79 Å². The van der Waals surface area contributed by atoms with Crippen LogP contribution in [0.3, 0.4) is 0 Å². The van der Waals surface area contributed by atoms with Crippen molar-refractivity contribution in [2.24, 2.45) is 5.41 Å². The highest BCUT2D eigenvalue weighted by atomic mass is 19.4. The maximum absolute atomic E-state index is 14.4. The van der Waals surface area contributed by atoms with Gasteiger partial charge in [-0.1, -0.05) is 26.2 Å². The number of alkyl halides is 3. The molecule has 5 rings (SSSR count). The van der Waals surface area contributed by atoms with Gasteiger partial charge in [0.05, 0.1) is 23.6 Å². The van der Waals surface area contributed by atoms with E-state index in [0.29, 0.717) is 68.2 Å². The summed E-state index contributed by atoms with van der Waals surface area (Å²) in [4.78, 5) is 39.9. The first-order valence-corrected chi connectivity index (χ1v) is 15.4. The summed E-state index contributed by atoms with van der Waals surface area (Å²) in [7, 11) is 0. The highest BCUT2D eigenvalue weighted by molar-refractivity contribution is 5.99. The number of ether oxygens (including phenoxy) is 1. The Labute approximate surface area is 250 Å². The van der Waals surface area contributed by atoms with Crippen LogP contribution >= 0.6 is 0 Å². The third-order valence-corrected chi connectivity index (χ3v) is 9.02. The molecule has 1 saturated carbocycles. The van der Waals surface area contributed by atoms with Crippen molar-refractivity contribution in [2.75, 3.05) is 44.2 Å². The highest BCUT2D eigenvalue weighted by Crippen LogP contribution is 2.50. The van der Waals surface area contributed by atoms with E-state index in [0.717, 1.165) is 13.0 Å². The van der Waals surface area contributed by atoms with Crippen molar-refractivity contribution in [1.82, 2.24) is 25.5 Å². The summed E-state index contributed by atoms with van der Waals surface area (Å²) < 4.78 is 48.8. The van der Waals surface area contributed by atoms with Gasteiger partial charge in [0.25, 0.3) is 5.91 Å². The van der Waals surface area contributed by atoms with E-state index in [2.05, 4.69) is 15.6 Å². The summed E-state index contributed by atoms with van der Waals surface area (Å²) in [5.74, 6) is -0.714. The summed E-state index contributed by atoms with van der Waals surface area (Å²) in [5, 5.41) is 6.34. The summed E-state index contributed by atoms with van der Waals surface area (Å²) in [5.41, 5.74) is -0.303. The second-order valence-corrected chi connectivity index (χ2v) is 11.7. The van der Waals surface area contributed by atoms with Crippen molar-refractivity contribution < 1.29 is 27.5 Å². The van der Waals surface area contributed by atoms with Crippen LogP contribution in [0.25, 0.3) is 11.3 Å². The van der Waals surface area contributed by atoms with Crippen LogP contribution in [0.15, 0.2) is 30.5 Å². The fourth-order valence-electron chi connectivity index (χ4n) is 6.65. The standard InChI is InChI=1S/C31H41F3N6O3/c1-3-22-20-39(29(42)30(31(32,33)34)13-6-5-7-14-30)17-18-40(22)25-11-10-24(23-9-8-15-36-28(23)43-4-2)38-26(25)27(41)37-21-12-16-35-19-21/h8-11,15,21-22,35H,3-7,12-14,16-20H2,1-2H3,(H,37,41)/t21-,22-/m1/s1. The van der Waals surface area contributed by atoms with E-state index in [9.17, 15) is 22.8 Å². The Hall–Kier alpha value is -3.41. The molecule has 234 valence electrons. The maximum atomic E-state index is 14.4. The number of anilines is 1.